The van der Waals surface area contributed by atoms with E-state index < -0.39 is 25.4 Å². The predicted molar refractivity (Wildman–Crippen MR) is 86.8 cm³/mol. The molecule has 2 rings (SSSR count). The van der Waals surface area contributed by atoms with E-state index in [1.807, 2.05) is 0 Å². The van der Waals surface area contributed by atoms with Gasteiger partial charge in [0.1, 0.15) is 4.90 Å². The Kier molecular flexibility index (Phi) is 4.87. The summed E-state index contributed by atoms with van der Waals surface area (Å²) in [5, 5.41) is 2.96. The van der Waals surface area contributed by atoms with Gasteiger partial charge in [-0.05, 0) is 42.4 Å². The van der Waals surface area contributed by atoms with Crippen molar-refractivity contribution in [1.82, 2.24) is 10.0 Å². The maximum atomic E-state index is 12.5. The Morgan fingerprint density at radius 2 is 2.14 bits per heavy atom. The van der Waals surface area contributed by atoms with E-state index in [0.29, 0.717) is 16.8 Å². The third-order valence-corrected chi connectivity index (χ3v) is 9.02. The number of hydrogen-bond donors (Lipinski definition) is 2. The minimum atomic E-state index is -3.76. The van der Waals surface area contributed by atoms with Gasteiger partial charge < -0.3 is 5.32 Å². The molecule has 1 atom stereocenters. The summed E-state index contributed by atoms with van der Waals surface area (Å²) in [5.41, 5.74) is -0.942. The minimum Gasteiger partial charge on any atom is -0.315 e. The molecule has 1 aliphatic rings. The highest BCUT2D eigenvalue weighted by molar-refractivity contribution is 9.11. The van der Waals surface area contributed by atoms with Gasteiger partial charge in [-0.2, -0.15) is 0 Å². The van der Waals surface area contributed by atoms with Gasteiger partial charge in [0, 0.05) is 17.0 Å². The van der Waals surface area contributed by atoms with Gasteiger partial charge in [-0.15, -0.1) is 11.3 Å². The van der Waals surface area contributed by atoms with Crippen molar-refractivity contribution in [3.8, 4) is 0 Å². The number of sulfone groups is 1. The molecule has 0 radical (unpaired) electrons. The highest BCUT2D eigenvalue weighted by Crippen LogP contribution is 2.33. The van der Waals surface area contributed by atoms with E-state index >= 15 is 0 Å². The van der Waals surface area contributed by atoms with Crippen LogP contribution in [0.15, 0.2) is 14.7 Å². The lowest BCUT2D eigenvalue weighted by atomic mass is 10.0. The van der Waals surface area contributed by atoms with Crippen LogP contribution in [0.25, 0.3) is 0 Å². The first kappa shape index (κ1) is 17.4. The molecule has 1 saturated heterocycles. The molecular formula is C11H17BrN2O4S3. The van der Waals surface area contributed by atoms with Crippen LogP contribution >= 0.6 is 27.3 Å². The lowest BCUT2D eigenvalue weighted by Crippen LogP contribution is -2.46. The zero-order valence-corrected chi connectivity index (χ0v) is 15.7. The van der Waals surface area contributed by atoms with Crippen molar-refractivity contribution in [2.75, 3.05) is 18.6 Å². The first-order valence-electron chi connectivity index (χ1n) is 6.24. The quantitative estimate of drug-likeness (QED) is 0.748. The summed E-state index contributed by atoms with van der Waals surface area (Å²) >= 11 is 4.60. The third kappa shape index (κ3) is 4.05. The molecular weight excluding hydrogens is 400 g/mol. The summed E-state index contributed by atoms with van der Waals surface area (Å²) in [6, 6.07) is 1.60. The zero-order chi connectivity index (χ0) is 15.9. The molecule has 2 N–H and O–H groups in total. The topological polar surface area (TPSA) is 92.3 Å². The fourth-order valence-corrected chi connectivity index (χ4v) is 8.63. The van der Waals surface area contributed by atoms with E-state index in [-0.39, 0.29) is 16.4 Å². The highest BCUT2D eigenvalue weighted by Gasteiger charge is 2.42. The summed E-state index contributed by atoms with van der Waals surface area (Å²) in [6.07, 6.45) is 0.291. The van der Waals surface area contributed by atoms with Crippen LogP contribution in [0.3, 0.4) is 0 Å². The molecule has 1 fully saturated rings. The fraction of sp³-hybridized carbons (Fsp3) is 0.636. The van der Waals surface area contributed by atoms with Crippen LogP contribution in [0.5, 0.6) is 0 Å². The lowest BCUT2D eigenvalue weighted by molar-refractivity contribution is 0.461. The molecule has 10 heteroatoms. The summed E-state index contributed by atoms with van der Waals surface area (Å²) in [4.78, 5) is 1.04. The normalized spacial score (nSPS) is 25.3. The first-order valence-corrected chi connectivity index (χ1v) is 11.2. The van der Waals surface area contributed by atoms with Gasteiger partial charge >= 0.3 is 0 Å². The lowest BCUT2D eigenvalue weighted by Gasteiger charge is -2.23. The van der Waals surface area contributed by atoms with Gasteiger partial charge in [0.05, 0.1) is 15.3 Å². The molecule has 1 aliphatic heterocycles. The Morgan fingerprint density at radius 3 is 2.67 bits per heavy atom. The predicted octanol–water partition coefficient (Wildman–Crippen LogP) is 1.09. The van der Waals surface area contributed by atoms with E-state index in [9.17, 15) is 16.8 Å². The molecule has 1 aromatic heterocycles. The minimum absolute atomic E-state index is 0.0157. The Labute approximate surface area is 137 Å². The van der Waals surface area contributed by atoms with Crippen LogP contribution in [0, 0.1) is 0 Å². The van der Waals surface area contributed by atoms with E-state index in [1.165, 1.54) is 11.3 Å². The smallest absolute Gasteiger partial charge is 0.243 e. The van der Waals surface area contributed by atoms with Crippen molar-refractivity contribution in [2.45, 2.75) is 30.3 Å². The molecule has 1 aromatic rings. The number of sulfonamides is 1. The van der Waals surface area contributed by atoms with Crippen LogP contribution in [0.1, 0.15) is 18.2 Å². The molecule has 6 nitrogen and oxygen atoms in total. The second-order valence-corrected chi connectivity index (χ2v) is 11.7. The summed E-state index contributed by atoms with van der Waals surface area (Å²) in [6.45, 7) is 2.20. The number of rotatable bonds is 5. The third-order valence-electron chi connectivity index (χ3n) is 3.23. The number of halogens is 1. The molecule has 0 aliphatic carbocycles. The molecule has 0 saturated carbocycles. The van der Waals surface area contributed by atoms with Crippen molar-refractivity contribution in [3.05, 3.63) is 14.7 Å². The molecule has 0 amide bonds. The Bertz CT molecular complexity index is 742. The Hall–Kier alpha value is -0.000000000000000194. The maximum Gasteiger partial charge on any atom is 0.243 e. The molecule has 2 heterocycles. The molecule has 0 spiro atoms. The van der Waals surface area contributed by atoms with Crippen LogP contribution < -0.4 is 10.0 Å². The van der Waals surface area contributed by atoms with Crippen molar-refractivity contribution < 1.29 is 16.8 Å². The largest absolute Gasteiger partial charge is 0.315 e. The zero-order valence-electron chi connectivity index (χ0n) is 11.6. The second-order valence-electron chi connectivity index (χ2n) is 5.39. The van der Waals surface area contributed by atoms with E-state index in [2.05, 4.69) is 26.0 Å². The molecule has 0 aromatic carbocycles. The Balaban J connectivity index is 2.27. The van der Waals surface area contributed by atoms with Crippen LogP contribution in [0.4, 0.5) is 0 Å². The van der Waals surface area contributed by atoms with E-state index in [1.54, 1.807) is 20.0 Å². The van der Waals surface area contributed by atoms with Crippen LogP contribution in [0.2, 0.25) is 0 Å². The summed E-state index contributed by atoms with van der Waals surface area (Å²) < 4.78 is 51.2. The number of nitrogens with one attached hydrogen (secondary N) is 2. The summed E-state index contributed by atoms with van der Waals surface area (Å²) in [5.74, 6) is -0.147. The average molecular weight is 417 g/mol. The van der Waals surface area contributed by atoms with Gasteiger partial charge in [0.15, 0.2) is 9.84 Å². The van der Waals surface area contributed by atoms with E-state index in [0.717, 1.165) is 4.88 Å². The average Bonchev–Trinajstić information content (AvgIpc) is 2.79. The van der Waals surface area contributed by atoms with Crippen molar-refractivity contribution >= 4 is 47.1 Å². The van der Waals surface area contributed by atoms with Crippen molar-refractivity contribution in [2.24, 2.45) is 0 Å². The van der Waals surface area contributed by atoms with Gasteiger partial charge in [0.25, 0.3) is 0 Å². The summed E-state index contributed by atoms with van der Waals surface area (Å²) in [7, 11) is -5.15. The van der Waals surface area contributed by atoms with Gasteiger partial charge in [-0.3, -0.25) is 0 Å². The fourth-order valence-electron chi connectivity index (χ4n) is 2.31. The number of hydrogen-bond acceptors (Lipinski definition) is 6. The standard InChI is InChI=1S/C11H17BrN2O4S3/c1-11(3-4-20(15,16)7-11)14-21(17,18)9-5-8(6-13-2)19-10(9)12/h5,13-14H,3-4,6-7H2,1-2H3. The molecule has 21 heavy (non-hydrogen) atoms. The monoisotopic (exact) mass is 416 g/mol. The molecule has 0 bridgehead atoms. The van der Waals surface area contributed by atoms with Crippen LogP contribution in [-0.4, -0.2) is 40.9 Å². The molecule has 120 valence electrons. The van der Waals surface area contributed by atoms with Gasteiger partial charge in [0.2, 0.25) is 10.0 Å². The Morgan fingerprint density at radius 1 is 1.48 bits per heavy atom. The second kappa shape index (κ2) is 5.89. The maximum absolute atomic E-state index is 12.5. The van der Waals surface area contributed by atoms with E-state index in [4.69, 9.17) is 0 Å². The van der Waals surface area contributed by atoms with Crippen LogP contribution in [-0.2, 0) is 26.4 Å². The van der Waals surface area contributed by atoms with Crippen molar-refractivity contribution in [3.63, 3.8) is 0 Å². The highest BCUT2D eigenvalue weighted by atomic mass is 79.9. The van der Waals surface area contributed by atoms with Gasteiger partial charge in [-0.25, -0.2) is 21.6 Å². The van der Waals surface area contributed by atoms with Crippen molar-refractivity contribution in [1.29, 1.82) is 0 Å². The molecule has 1 unspecified atom stereocenters. The SMILES string of the molecule is CNCc1cc(S(=O)(=O)NC2(C)CCS(=O)(=O)C2)c(Br)s1. The van der Waals surface area contributed by atoms with Gasteiger partial charge in [-0.1, -0.05) is 0 Å². The first-order chi connectivity index (χ1) is 9.57. The number of thiophene rings is 1.